The van der Waals surface area contributed by atoms with Crippen molar-refractivity contribution in [2.24, 2.45) is 28.6 Å². The van der Waals surface area contributed by atoms with Crippen LogP contribution in [0.1, 0.15) is 64.4 Å². The molecule has 4 heteroatoms. The minimum absolute atomic E-state index is 0.0103. The number of ether oxygens (including phenoxy) is 1. The van der Waals surface area contributed by atoms with E-state index in [-0.39, 0.29) is 29.2 Å². The van der Waals surface area contributed by atoms with Gasteiger partial charge in [-0.3, -0.25) is 9.78 Å². The average Bonchev–Trinajstić information content (AvgIpc) is 3.11. The van der Waals surface area contributed by atoms with Gasteiger partial charge in [-0.25, -0.2) is 0 Å². The number of pyridine rings is 1. The number of fused-ring (bicyclic) bond motifs is 5. The molecule has 6 atom stereocenters. The Morgan fingerprint density at radius 3 is 2.77 bits per heavy atom. The summed E-state index contributed by atoms with van der Waals surface area (Å²) in [6.07, 6.45) is 16.8. The fourth-order valence-electron chi connectivity index (χ4n) is 7.50. The van der Waals surface area contributed by atoms with Gasteiger partial charge in [0.25, 0.3) is 5.97 Å². The lowest BCUT2D eigenvalue weighted by Crippen LogP contribution is -2.50. The summed E-state index contributed by atoms with van der Waals surface area (Å²) < 4.78 is 5.60. The Hall–Kier alpha value is -1.84. The van der Waals surface area contributed by atoms with E-state index in [1.807, 2.05) is 12.4 Å². The first-order valence-corrected chi connectivity index (χ1v) is 11.7. The van der Waals surface area contributed by atoms with Gasteiger partial charge in [-0.2, -0.15) is 0 Å². The van der Waals surface area contributed by atoms with Crippen molar-refractivity contribution >= 4 is 19.4 Å². The van der Waals surface area contributed by atoms with Crippen molar-refractivity contribution in [2.45, 2.75) is 71.2 Å². The molecule has 1 heterocycles. The van der Waals surface area contributed by atoms with E-state index in [4.69, 9.17) is 12.6 Å². The summed E-state index contributed by atoms with van der Waals surface area (Å²) in [4.78, 5) is 16.1. The molecule has 30 heavy (non-hydrogen) atoms. The lowest BCUT2D eigenvalue weighted by Gasteiger charge is -2.57. The fourth-order valence-corrected chi connectivity index (χ4v) is 7.50. The van der Waals surface area contributed by atoms with Gasteiger partial charge in [0.1, 0.15) is 6.10 Å². The Bertz CT molecular complexity index is 894. The summed E-state index contributed by atoms with van der Waals surface area (Å²) >= 11 is 0. The van der Waals surface area contributed by atoms with Crippen LogP contribution in [-0.2, 0) is 9.53 Å². The van der Waals surface area contributed by atoms with Crippen molar-refractivity contribution < 1.29 is 9.53 Å². The van der Waals surface area contributed by atoms with Crippen LogP contribution in [0.2, 0.25) is 6.32 Å². The quantitative estimate of drug-likeness (QED) is 0.379. The summed E-state index contributed by atoms with van der Waals surface area (Å²) in [6, 6.07) is 4.29. The molecule has 3 nitrogen and oxygen atoms in total. The van der Waals surface area contributed by atoms with E-state index in [2.05, 4.69) is 43.1 Å². The van der Waals surface area contributed by atoms with Crippen LogP contribution in [0, 0.1) is 28.6 Å². The van der Waals surface area contributed by atoms with Gasteiger partial charge < -0.3 is 4.74 Å². The van der Waals surface area contributed by atoms with Crippen LogP contribution in [0.3, 0.4) is 0 Å². The zero-order chi connectivity index (χ0) is 20.9. The molecule has 156 valence electrons. The minimum Gasteiger partial charge on any atom is -0.463 e. The van der Waals surface area contributed by atoms with E-state index in [1.165, 1.54) is 42.4 Å². The zero-order valence-corrected chi connectivity index (χ0v) is 18.3. The Morgan fingerprint density at radius 2 is 2.00 bits per heavy atom. The number of carbonyl (C=O) groups excluding carboxylic acids is 1. The first-order chi connectivity index (χ1) is 14.5. The standard InChI is InChI=1S/C26H32BNO2/c1-25-11-9-19(30-24(29)15-27)14-18(25)5-6-20-22-8-7-21(17-4-3-13-28-16-17)26(22,2)12-10-23(20)25/h3-5,7,13,16,19-20,22-23H,6,8-12,14-15H2,1-2H3/t19-,20?,22?,23?,25-,26+/m0/s1. The Kier molecular flexibility index (Phi) is 4.95. The van der Waals surface area contributed by atoms with Crippen molar-refractivity contribution in [3.8, 4) is 0 Å². The molecule has 0 aliphatic heterocycles. The van der Waals surface area contributed by atoms with Gasteiger partial charge >= 0.3 is 0 Å². The van der Waals surface area contributed by atoms with Crippen LogP contribution >= 0.6 is 0 Å². The number of carbonyl (C=O) groups is 1. The summed E-state index contributed by atoms with van der Waals surface area (Å²) in [5, 5.41) is 0. The molecule has 5 rings (SSSR count). The predicted molar refractivity (Wildman–Crippen MR) is 120 cm³/mol. The van der Waals surface area contributed by atoms with Crippen LogP contribution in [0.25, 0.3) is 5.57 Å². The second-order valence-corrected chi connectivity index (χ2v) is 10.4. The Balaban J connectivity index is 1.38. The van der Waals surface area contributed by atoms with Crippen molar-refractivity contribution in [2.75, 3.05) is 0 Å². The molecule has 0 bridgehead atoms. The van der Waals surface area contributed by atoms with E-state index in [1.54, 1.807) is 0 Å². The number of hydrogen-bond donors (Lipinski definition) is 0. The van der Waals surface area contributed by atoms with Crippen molar-refractivity contribution in [3.05, 3.63) is 47.8 Å². The minimum atomic E-state index is -0.272. The number of allylic oxidation sites excluding steroid dienone is 3. The highest BCUT2D eigenvalue weighted by Gasteiger charge is 2.57. The number of esters is 1. The van der Waals surface area contributed by atoms with Crippen molar-refractivity contribution in [3.63, 3.8) is 0 Å². The third-order valence-electron chi connectivity index (χ3n) is 9.08. The Labute approximate surface area is 181 Å². The normalized spacial score (nSPS) is 39.8. The van der Waals surface area contributed by atoms with Crippen LogP contribution in [0.4, 0.5) is 0 Å². The molecular weight excluding hydrogens is 369 g/mol. The van der Waals surface area contributed by atoms with Crippen LogP contribution in [0.5, 0.6) is 0 Å². The Morgan fingerprint density at radius 1 is 1.17 bits per heavy atom. The maximum Gasteiger partial charge on any atom is 0.297 e. The number of aromatic nitrogens is 1. The lowest BCUT2D eigenvalue weighted by molar-refractivity contribution is -0.148. The second-order valence-electron chi connectivity index (χ2n) is 10.4. The average molecular weight is 401 g/mol. The van der Waals surface area contributed by atoms with Crippen LogP contribution < -0.4 is 0 Å². The van der Waals surface area contributed by atoms with Gasteiger partial charge in [-0.1, -0.05) is 37.6 Å². The number of nitrogens with zero attached hydrogens (tertiary/aromatic N) is 1. The molecule has 1 aromatic rings. The SMILES string of the molecule is [B]CC(=O)O[C@H]1CC[C@@]2(C)C(=CCC3C2CC[C@]2(C)C(c4cccnc4)=CCC32)C1. The van der Waals surface area contributed by atoms with E-state index in [0.29, 0.717) is 5.92 Å². The van der Waals surface area contributed by atoms with E-state index >= 15 is 0 Å². The molecule has 0 amide bonds. The highest BCUT2D eigenvalue weighted by Crippen LogP contribution is 2.66. The molecule has 4 aliphatic rings. The molecule has 0 saturated heterocycles. The lowest BCUT2D eigenvalue weighted by atomic mass is 9.47. The molecule has 2 fully saturated rings. The topological polar surface area (TPSA) is 39.2 Å². The smallest absolute Gasteiger partial charge is 0.297 e. The zero-order valence-electron chi connectivity index (χ0n) is 18.3. The summed E-state index contributed by atoms with van der Waals surface area (Å²) in [6.45, 7) is 4.99. The van der Waals surface area contributed by atoms with Gasteiger partial charge in [0.2, 0.25) is 0 Å². The predicted octanol–water partition coefficient (Wildman–Crippen LogP) is 5.54. The van der Waals surface area contributed by atoms with Crippen molar-refractivity contribution in [1.82, 2.24) is 4.98 Å². The molecular formula is C26H32BNO2. The largest absolute Gasteiger partial charge is 0.463 e. The van der Waals surface area contributed by atoms with Gasteiger partial charge in [-0.05, 0) is 84.3 Å². The van der Waals surface area contributed by atoms with Crippen LogP contribution in [0.15, 0.2) is 42.3 Å². The monoisotopic (exact) mass is 401 g/mol. The highest BCUT2D eigenvalue weighted by atomic mass is 16.5. The third kappa shape index (κ3) is 3.01. The first kappa shape index (κ1) is 20.1. The number of hydrogen-bond acceptors (Lipinski definition) is 3. The first-order valence-electron chi connectivity index (χ1n) is 11.7. The molecule has 0 N–H and O–H groups in total. The maximum absolute atomic E-state index is 11.7. The van der Waals surface area contributed by atoms with Crippen molar-refractivity contribution in [1.29, 1.82) is 0 Å². The van der Waals surface area contributed by atoms with Gasteiger partial charge in [-0.15, -0.1) is 0 Å². The second kappa shape index (κ2) is 7.39. The molecule has 2 saturated carbocycles. The van der Waals surface area contributed by atoms with E-state index in [0.717, 1.165) is 31.1 Å². The molecule has 0 spiro atoms. The third-order valence-corrected chi connectivity index (χ3v) is 9.08. The molecule has 3 unspecified atom stereocenters. The number of rotatable bonds is 3. The maximum atomic E-state index is 11.7. The summed E-state index contributed by atoms with van der Waals surface area (Å²) in [5.74, 6) is 1.93. The van der Waals surface area contributed by atoms with Gasteiger partial charge in [0, 0.05) is 25.1 Å². The summed E-state index contributed by atoms with van der Waals surface area (Å²) in [5.41, 5.74) is 4.89. The van der Waals surface area contributed by atoms with E-state index in [9.17, 15) is 4.79 Å². The molecule has 4 aliphatic carbocycles. The van der Waals surface area contributed by atoms with Gasteiger partial charge in [0.05, 0.1) is 7.85 Å². The van der Waals surface area contributed by atoms with Crippen LogP contribution in [-0.4, -0.2) is 24.9 Å². The highest BCUT2D eigenvalue weighted by molar-refractivity contribution is 6.18. The molecule has 1 aromatic heterocycles. The molecule has 0 aromatic carbocycles. The molecule has 2 radical (unpaired) electrons. The summed E-state index contributed by atoms with van der Waals surface area (Å²) in [7, 11) is 5.45. The van der Waals surface area contributed by atoms with Gasteiger partial charge in [0.15, 0.2) is 0 Å². The fraction of sp³-hybridized carbons (Fsp3) is 0.615. The van der Waals surface area contributed by atoms with E-state index < -0.39 is 0 Å².